The van der Waals surface area contributed by atoms with E-state index in [1.165, 1.54) is 6.07 Å². The first-order valence-electron chi connectivity index (χ1n) is 8.51. The quantitative estimate of drug-likeness (QED) is 0.663. The van der Waals surface area contributed by atoms with Gasteiger partial charge in [-0.25, -0.2) is 13.8 Å². The molecule has 2 heterocycles. The molecule has 6 heteroatoms. The third-order valence-corrected chi connectivity index (χ3v) is 4.89. The summed E-state index contributed by atoms with van der Waals surface area (Å²) in [6.45, 7) is 1.72. The molecule has 4 nitrogen and oxygen atoms in total. The number of benzene rings is 1. The molecule has 0 unspecified atom stereocenters. The summed E-state index contributed by atoms with van der Waals surface area (Å²) in [4.78, 5) is 19.1. The molecule has 2 atom stereocenters. The van der Waals surface area contributed by atoms with Crippen molar-refractivity contribution in [3.63, 3.8) is 0 Å². The van der Waals surface area contributed by atoms with Crippen LogP contribution >= 0.6 is 0 Å². The number of rotatable bonds is 4. The van der Waals surface area contributed by atoms with Crippen LogP contribution in [0.5, 0.6) is 0 Å². The molecular weight excluding hydrogens is 336 g/mol. The molecule has 0 bridgehead atoms. The third kappa shape index (κ3) is 2.57. The van der Waals surface area contributed by atoms with E-state index in [1.807, 2.05) is 12.1 Å². The lowest BCUT2D eigenvalue weighted by molar-refractivity contribution is 0.0952. The van der Waals surface area contributed by atoms with Crippen molar-refractivity contribution in [2.24, 2.45) is 5.92 Å². The van der Waals surface area contributed by atoms with E-state index in [9.17, 15) is 13.6 Å². The summed E-state index contributed by atoms with van der Waals surface area (Å²) < 4.78 is 29.1. The molecule has 134 valence electrons. The summed E-state index contributed by atoms with van der Waals surface area (Å²) in [5.41, 5.74) is 3.05. The van der Waals surface area contributed by atoms with Crippen LogP contribution in [0.4, 0.5) is 14.6 Å². The van der Waals surface area contributed by atoms with Crippen molar-refractivity contribution >= 4 is 17.2 Å². The number of fused-ring (bicyclic) bond motifs is 1. The van der Waals surface area contributed by atoms with Crippen molar-refractivity contribution in [2.45, 2.75) is 19.5 Å². The molecule has 1 aromatic carbocycles. The lowest BCUT2D eigenvalue weighted by Gasteiger charge is -2.12. The van der Waals surface area contributed by atoms with Crippen LogP contribution in [-0.4, -0.2) is 35.4 Å². The second-order valence-electron chi connectivity index (χ2n) is 6.96. The molecule has 0 aliphatic heterocycles. The predicted octanol–water partition coefficient (Wildman–Crippen LogP) is 4.06. The van der Waals surface area contributed by atoms with Crippen LogP contribution in [-0.2, 0) is 0 Å². The largest absolute Gasteiger partial charge is 0.361 e. The highest BCUT2D eigenvalue weighted by Gasteiger charge is 2.45. The molecule has 4 rings (SSSR count). The Balaban J connectivity index is 1.92. The van der Waals surface area contributed by atoms with Gasteiger partial charge >= 0.3 is 0 Å². The molecule has 1 fully saturated rings. The number of pyridine rings is 1. The number of hydrogen-bond acceptors (Lipinski definition) is 3. The second kappa shape index (κ2) is 5.90. The Morgan fingerprint density at radius 2 is 2.00 bits per heavy atom. The molecule has 3 aromatic rings. The first-order chi connectivity index (χ1) is 12.4. The molecule has 0 saturated heterocycles. The Morgan fingerprint density at radius 1 is 1.27 bits per heavy atom. The molecule has 1 saturated carbocycles. The fraction of sp³-hybridized carbons (Fsp3) is 0.300. The highest BCUT2D eigenvalue weighted by Crippen LogP contribution is 2.39. The van der Waals surface area contributed by atoms with E-state index in [-0.39, 0.29) is 18.0 Å². The molecule has 1 aliphatic rings. The number of anilines is 1. The molecule has 0 spiro atoms. The maximum Gasteiger partial charge on any atom is 0.189 e. The maximum atomic E-state index is 13.9. The van der Waals surface area contributed by atoms with Gasteiger partial charge in [-0.15, -0.1) is 0 Å². The van der Waals surface area contributed by atoms with Crippen LogP contribution in [0.2, 0.25) is 0 Å². The van der Waals surface area contributed by atoms with E-state index in [0.717, 1.165) is 11.1 Å². The van der Waals surface area contributed by atoms with Gasteiger partial charge in [-0.2, -0.15) is 0 Å². The average molecular weight is 355 g/mol. The number of Topliss-reactive ketones (excluding diaryl/α,β-unsaturated/α-hetero) is 1. The summed E-state index contributed by atoms with van der Waals surface area (Å²) in [5, 5.41) is 0. The first-order valence-corrected chi connectivity index (χ1v) is 8.51. The fourth-order valence-corrected chi connectivity index (χ4v) is 3.26. The van der Waals surface area contributed by atoms with Crippen LogP contribution < -0.4 is 4.90 Å². The number of aromatic nitrogens is 2. The van der Waals surface area contributed by atoms with E-state index in [4.69, 9.17) is 0 Å². The Morgan fingerprint density at radius 3 is 2.65 bits per heavy atom. The Labute approximate surface area is 150 Å². The lowest BCUT2D eigenvalue weighted by Crippen LogP contribution is -2.16. The fourth-order valence-electron chi connectivity index (χ4n) is 3.26. The summed E-state index contributed by atoms with van der Waals surface area (Å²) in [7, 11) is 3.60. The van der Waals surface area contributed by atoms with Crippen LogP contribution in [0.3, 0.4) is 0 Å². The third-order valence-electron chi connectivity index (χ3n) is 4.89. The summed E-state index contributed by atoms with van der Waals surface area (Å²) in [6, 6.07) is 8.56. The maximum absolute atomic E-state index is 13.9. The molecule has 2 aromatic heterocycles. The molecule has 0 radical (unpaired) electrons. The summed E-state index contributed by atoms with van der Waals surface area (Å²) >= 11 is 0. The van der Waals surface area contributed by atoms with Gasteiger partial charge < -0.3 is 4.90 Å². The van der Waals surface area contributed by atoms with Gasteiger partial charge in [0.2, 0.25) is 0 Å². The molecule has 0 amide bonds. The number of ketones is 1. The lowest BCUT2D eigenvalue weighted by atomic mass is 10.0. The van der Waals surface area contributed by atoms with Crippen molar-refractivity contribution in [2.75, 3.05) is 19.0 Å². The van der Waals surface area contributed by atoms with Gasteiger partial charge in [-0.3, -0.25) is 9.20 Å². The Hall–Kier alpha value is -2.76. The Bertz CT molecular complexity index is 1030. The first kappa shape index (κ1) is 16.7. The predicted molar refractivity (Wildman–Crippen MR) is 97.0 cm³/mol. The van der Waals surface area contributed by atoms with Crippen molar-refractivity contribution < 1.29 is 13.6 Å². The van der Waals surface area contributed by atoms with Crippen LogP contribution in [0, 0.1) is 18.7 Å². The van der Waals surface area contributed by atoms with Gasteiger partial charge in [-0.05, 0) is 48.2 Å². The number of hydrogen-bond donors (Lipinski definition) is 0. The van der Waals surface area contributed by atoms with E-state index in [0.29, 0.717) is 22.7 Å². The van der Waals surface area contributed by atoms with Gasteiger partial charge in [0.25, 0.3) is 0 Å². The SMILES string of the molecule is Cc1c(F)cccc1-c1ccc2nc(N(C)C)c(C(=O)[C@H]3C[C@@H]3F)n2c1. The zero-order valence-corrected chi connectivity index (χ0v) is 14.8. The smallest absolute Gasteiger partial charge is 0.189 e. The van der Waals surface area contributed by atoms with Crippen molar-refractivity contribution in [1.29, 1.82) is 0 Å². The minimum Gasteiger partial charge on any atom is -0.361 e. The van der Waals surface area contributed by atoms with Gasteiger partial charge in [0, 0.05) is 20.3 Å². The minimum atomic E-state index is -1.07. The highest BCUT2D eigenvalue weighted by atomic mass is 19.1. The van der Waals surface area contributed by atoms with E-state index >= 15 is 0 Å². The van der Waals surface area contributed by atoms with Crippen LogP contribution in [0.1, 0.15) is 22.5 Å². The molecule has 26 heavy (non-hydrogen) atoms. The number of carbonyl (C=O) groups excluding carboxylic acids is 1. The van der Waals surface area contributed by atoms with E-state index < -0.39 is 12.1 Å². The molecule has 0 N–H and O–H groups in total. The van der Waals surface area contributed by atoms with Crippen molar-refractivity contribution in [1.82, 2.24) is 9.38 Å². The summed E-state index contributed by atoms with van der Waals surface area (Å²) in [6.07, 6.45) is 0.971. The topological polar surface area (TPSA) is 37.6 Å². The van der Waals surface area contributed by atoms with Gasteiger partial charge in [0.1, 0.15) is 23.3 Å². The van der Waals surface area contributed by atoms with Crippen molar-refractivity contribution in [3.05, 3.63) is 53.6 Å². The van der Waals surface area contributed by atoms with E-state index in [2.05, 4.69) is 4.98 Å². The summed E-state index contributed by atoms with van der Waals surface area (Å²) in [5.74, 6) is -0.589. The molecular formula is C20H19F2N3O. The zero-order chi connectivity index (χ0) is 18.6. The Kier molecular flexibility index (Phi) is 3.79. The normalized spacial score (nSPS) is 19.0. The van der Waals surface area contributed by atoms with Crippen molar-refractivity contribution in [3.8, 4) is 11.1 Å². The van der Waals surface area contributed by atoms with Crippen LogP contribution in [0.15, 0.2) is 36.5 Å². The number of nitrogens with zero attached hydrogens (tertiary/aromatic N) is 3. The average Bonchev–Trinajstić information content (AvgIpc) is 3.21. The van der Waals surface area contributed by atoms with E-state index in [1.54, 1.807) is 48.6 Å². The standard InChI is InChI=1S/C20H19F2N3O/c1-11-13(5-4-6-15(11)21)12-7-8-17-23-20(24(2)3)18(25(17)10-12)19(26)14-9-16(14)22/h4-8,10,14,16H,9H2,1-3H3/t14-,16-/m0/s1. The molecule has 1 aliphatic carbocycles. The van der Waals surface area contributed by atoms with Crippen LogP contribution in [0.25, 0.3) is 16.8 Å². The number of imidazole rings is 1. The number of carbonyl (C=O) groups is 1. The van der Waals surface area contributed by atoms with Gasteiger partial charge in [0.15, 0.2) is 11.6 Å². The number of alkyl halides is 1. The van der Waals surface area contributed by atoms with Gasteiger partial charge in [0.05, 0.1) is 5.92 Å². The zero-order valence-electron chi connectivity index (χ0n) is 14.8. The second-order valence-corrected chi connectivity index (χ2v) is 6.96. The number of halogens is 2. The van der Waals surface area contributed by atoms with Gasteiger partial charge in [-0.1, -0.05) is 12.1 Å². The monoisotopic (exact) mass is 355 g/mol. The minimum absolute atomic E-state index is 0.234. The highest BCUT2D eigenvalue weighted by molar-refractivity contribution is 6.03.